The monoisotopic (exact) mass is 362 g/mol. The summed E-state index contributed by atoms with van der Waals surface area (Å²) in [6, 6.07) is 14.3. The molecule has 2 heterocycles. The van der Waals surface area contributed by atoms with E-state index >= 15 is 0 Å². The minimum Gasteiger partial charge on any atom is -0.493 e. The van der Waals surface area contributed by atoms with Crippen molar-refractivity contribution in [3.63, 3.8) is 0 Å². The van der Waals surface area contributed by atoms with Gasteiger partial charge in [0.2, 0.25) is 5.95 Å². The minimum absolute atomic E-state index is 0.158. The van der Waals surface area contributed by atoms with Crippen LogP contribution in [0.4, 0.5) is 5.95 Å². The summed E-state index contributed by atoms with van der Waals surface area (Å²) < 4.78 is 13.0. The van der Waals surface area contributed by atoms with Gasteiger partial charge in [0.05, 0.1) is 14.2 Å². The molecule has 0 radical (unpaired) electrons. The molecule has 0 amide bonds. The molecule has 4 rings (SSSR count). The highest BCUT2D eigenvalue weighted by molar-refractivity contribution is 5.77. The lowest BCUT2D eigenvalue weighted by Gasteiger charge is -2.26. The molecule has 0 spiro atoms. The Balaban J connectivity index is 1.82. The number of ether oxygens (including phenoxy) is 2. The molecule has 0 aliphatic carbocycles. The lowest BCUT2D eigenvalue weighted by Crippen LogP contribution is -2.20. The van der Waals surface area contributed by atoms with Gasteiger partial charge in [0, 0.05) is 11.3 Å². The van der Waals surface area contributed by atoms with Gasteiger partial charge in [0.15, 0.2) is 11.5 Å². The smallest absolute Gasteiger partial charge is 0.226 e. The van der Waals surface area contributed by atoms with Gasteiger partial charge in [-0.05, 0) is 29.7 Å². The molecule has 1 aromatic heterocycles. The van der Waals surface area contributed by atoms with Crippen LogP contribution in [0.3, 0.4) is 0 Å². The van der Waals surface area contributed by atoms with Crippen molar-refractivity contribution >= 4 is 11.6 Å². The van der Waals surface area contributed by atoms with Gasteiger partial charge >= 0.3 is 0 Å². The van der Waals surface area contributed by atoms with E-state index in [4.69, 9.17) is 9.47 Å². The number of hydrogen-bond donors (Lipinski definition) is 1. The standard InChI is InChI=1S/C21H22N4O2/c1-4-14-8-10-15(11-9-14)17-12-18(25-21(24-17)22-13-23-25)16-6-5-7-19(26-2)20(16)27-3/h5-13,18H,4H2,1-3H3,(H,22,23,24). The lowest BCUT2D eigenvalue weighted by atomic mass is 9.99. The molecule has 27 heavy (non-hydrogen) atoms. The van der Waals surface area contributed by atoms with E-state index in [1.54, 1.807) is 20.5 Å². The van der Waals surface area contributed by atoms with Crippen molar-refractivity contribution in [1.29, 1.82) is 0 Å². The molecule has 1 aliphatic heterocycles. The van der Waals surface area contributed by atoms with Gasteiger partial charge in [0.25, 0.3) is 0 Å². The Kier molecular flexibility index (Phi) is 4.54. The molecule has 138 valence electrons. The van der Waals surface area contributed by atoms with Crippen molar-refractivity contribution in [3.05, 3.63) is 71.6 Å². The van der Waals surface area contributed by atoms with Crippen molar-refractivity contribution in [2.24, 2.45) is 0 Å². The second kappa shape index (κ2) is 7.15. The van der Waals surface area contributed by atoms with Gasteiger partial charge in [-0.1, -0.05) is 43.3 Å². The molecule has 1 atom stereocenters. The number of anilines is 1. The van der Waals surface area contributed by atoms with E-state index in [0.717, 1.165) is 23.2 Å². The lowest BCUT2D eigenvalue weighted by molar-refractivity contribution is 0.349. The van der Waals surface area contributed by atoms with Gasteiger partial charge in [-0.15, -0.1) is 0 Å². The molecule has 1 N–H and O–H groups in total. The third-order valence-electron chi connectivity index (χ3n) is 4.83. The van der Waals surface area contributed by atoms with E-state index in [0.29, 0.717) is 17.4 Å². The summed E-state index contributed by atoms with van der Waals surface area (Å²) in [5, 5.41) is 7.78. The van der Waals surface area contributed by atoms with Crippen molar-refractivity contribution in [3.8, 4) is 11.5 Å². The number of nitrogens with one attached hydrogen (secondary N) is 1. The van der Waals surface area contributed by atoms with E-state index in [2.05, 4.69) is 52.7 Å². The Bertz CT molecular complexity index is 976. The first-order valence-corrected chi connectivity index (χ1v) is 8.93. The summed E-state index contributed by atoms with van der Waals surface area (Å²) in [6.07, 6.45) is 4.71. The highest BCUT2D eigenvalue weighted by Gasteiger charge is 2.27. The van der Waals surface area contributed by atoms with Gasteiger partial charge in [0.1, 0.15) is 12.4 Å². The van der Waals surface area contributed by atoms with E-state index in [1.807, 2.05) is 22.9 Å². The predicted molar refractivity (Wildman–Crippen MR) is 105 cm³/mol. The van der Waals surface area contributed by atoms with Gasteiger partial charge in [-0.2, -0.15) is 10.1 Å². The highest BCUT2D eigenvalue weighted by Crippen LogP contribution is 2.40. The molecule has 1 unspecified atom stereocenters. The first-order valence-electron chi connectivity index (χ1n) is 8.93. The summed E-state index contributed by atoms with van der Waals surface area (Å²) in [4.78, 5) is 4.37. The molecule has 0 bridgehead atoms. The van der Waals surface area contributed by atoms with Gasteiger partial charge < -0.3 is 14.8 Å². The van der Waals surface area contributed by atoms with Crippen LogP contribution in [0.1, 0.15) is 29.7 Å². The fourth-order valence-corrected chi connectivity index (χ4v) is 3.39. The normalized spacial score (nSPS) is 15.5. The number of methoxy groups -OCH3 is 2. The van der Waals surface area contributed by atoms with E-state index in [-0.39, 0.29) is 6.04 Å². The number of para-hydroxylation sites is 1. The predicted octanol–water partition coefficient (Wildman–Crippen LogP) is 3.91. The molecule has 0 saturated carbocycles. The topological polar surface area (TPSA) is 61.2 Å². The van der Waals surface area contributed by atoms with Crippen molar-refractivity contribution < 1.29 is 9.47 Å². The summed E-state index contributed by atoms with van der Waals surface area (Å²) in [6.45, 7) is 2.15. The van der Waals surface area contributed by atoms with Crippen LogP contribution in [-0.2, 0) is 6.42 Å². The van der Waals surface area contributed by atoms with Crippen LogP contribution in [0.5, 0.6) is 11.5 Å². The fourth-order valence-electron chi connectivity index (χ4n) is 3.39. The number of rotatable bonds is 5. The minimum atomic E-state index is -0.158. The Morgan fingerprint density at radius 3 is 2.59 bits per heavy atom. The van der Waals surface area contributed by atoms with E-state index < -0.39 is 0 Å². The van der Waals surface area contributed by atoms with Crippen LogP contribution >= 0.6 is 0 Å². The molecule has 2 aromatic carbocycles. The number of fused-ring (bicyclic) bond motifs is 1. The van der Waals surface area contributed by atoms with Crippen molar-refractivity contribution in [2.75, 3.05) is 19.5 Å². The number of aromatic nitrogens is 3. The van der Waals surface area contributed by atoms with Crippen LogP contribution in [0.25, 0.3) is 5.70 Å². The molecule has 6 nitrogen and oxygen atoms in total. The highest BCUT2D eigenvalue weighted by atomic mass is 16.5. The summed E-state index contributed by atoms with van der Waals surface area (Å²) in [5.74, 6) is 2.09. The van der Waals surface area contributed by atoms with E-state index in [9.17, 15) is 0 Å². The quantitative estimate of drug-likeness (QED) is 0.745. The van der Waals surface area contributed by atoms with Crippen molar-refractivity contribution in [2.45, 2.75) is 19.4 Å². The number of allylic oxidation sites excluding steroid dienone is 1. The largest absolute Gasteiger partial charge is 0.493 e. The second-order valence-electron chi connectivity index (χ2n) is 6.31. The number of hydrogen-bond acceptors (Lipinski definition) is 5. The number of aryl methyl sites for hydroxylation is 1. The van der Waals surface area contributed by atoms with Crippen LogP contribution in [0.2, 0.25) is 0 Å². The molecule has 3 aromatic rings. The third kappa shape index (κ3) is 3.03. The summed E-state index contributed by atoms with van der Waals surface area (Å²) >= 11 is 0. The molecule has 0 fully saturated rings. The molecule has 6 heteroatoms. The maximum Gasteiger partial charge on any atom is 0.226 e. The zero-order valence-electron chi connectivity index (χ0n) is 15.6. The molecule has 0 saturated heterocycles. The molecular formula is C21H22N4O2. The van der Waals surface area contributed by atoms with Gasteiger partial charge in [-0.25, -0.2) is 4.68 Å². The third-order valence-corrected chi connectivity index (χ3v) is 4.83. The van der Waals surface area contributed by atoms with Crippen LogP contribution in [0.15, 0.2) is 54.9 Å². The molecular weight excluding hydrogens is 340 g/mol. The Morgan fingerprint density at radius 1 is 1.07 bits per heavy atom. The number of nitrogens with zero attached hydrogens (tertiary/aromatic N) is 3. The first kappa shape index (κ1) is 17.1. The van der Waals surface area contributed by atoms with Crippen LogP contribution in [0, 0.1) is 0 Å². The summed E-state index contributed by atoms with van der Waals surface area (Å²) in [5.41, 5.74) is 4.37. The zero-order chi connectivity index (χ0) is 18.8. The van der Waals surface area contributed by atoms with Crippen LogP contribution in [-0.4, -0.2) is 29.0 Å². The Hall–Kier alpha value is -3.28. The first-order chi connectivity index (χ1) is 13.2. The van der Waals surface area contributed by atoms with Gasteiger partial charge in [-0.3, -0.25) is 0 Å². The maximum atomic E-state index is 5.65. The van der Waals surface area contributed by atoms with E-state index in [1.165, 1.54) is 5.56 Å². The maximum absolute atomic E-state index is 5.65. The molecule has 1 aliphatic rings. The van der Waals surface area contributed by atoms with Crippen LogP contribution < -0.4 is 14.8 Å². The number of benzene rings is 2. The zero-order valence-corrected chi connectivity index (χ0v) is 15.6. The van der Waals surface area contributed by atoms with Crippen molar-refractivity contribution in [1.82, 2.24) is 14.8 Å². The second-order valence-corrected chi connectivity index (χ2v) is 6.31. The average molecular weight is 362 g/mol. The SMILES string of the molecule is CCc1ccc(C2=CC(c3cccc(OC)c3OC)n3ncnc3N2)cc1. The Labute approximate surface area is 158 Å². The fraction of sp³-hybridized carbons (Fsp3) is 0.238. The summed E-state index contributed by atoms with van der Waals surface area (Å²) in [7, 11) is 3.29. The Morgan fingerprint density at radius 2 is 1.89 bits per heavy atom. The average Bonchev–Trinajstić information content (AvgIpc) is 3.21.